The van der Waals surface area contributed by atoms with Crippen LogP contribution in [0.25, 0.3) is 0 Å². The lowest BCUT2D eigenvalue weighted by molar-refractivity contribution is -0.0301. The molecule has 1 heterocycles. The topological polar surface area (TPSA) is 42.8 Å². The molecule has 22 heavy (non-hydrogen) atoms. The summed E-state index contributed by atoms with van der Waals surface area (Å²) in [6.45, 7) is 2.89. The highest BCUT2D eigenvalue weighted by molar-refractivity contribution is 6.12. The van der Waals surface area contributed by atoms with Gasteiger partial charge in [0.05, 0.1) is 6.61 Å². The van der Waals surface area contributed by atoms with Crippen molar-refractivity contribution in [3.05, 3.63) is 71.8 Å². The smallest absolute Gasteiger partial charge is 0.144 e. The molecular weight excluding hydrogens is 276 g/mol. The first-order valence-electron chi connectivity index (χ1n) is 7.56. The lowest BCUT2D eigenvalue weighted by Gasteiger charge is -2.22. The Balaban J connectivity index is 1.75. The SMILES string of the molecule is c1ccc(C(=NOCC2CNCCO2)c2ccccc2)cc1. The second kappa shape index (κ2) is 7.73. The summed E-state index contributed by atoms with van der Waals surface area (Å²) < 4.78 is 5.61. The van der Waals surface area contributed by atoms with Crippen LogP contribution in [0.3, 0.4) is 0 Å². The van der Waals surface area contributed by atoms with Crippen LogP contribution >= 0.6 is 0 Å². The average Bonchev–Trinajstić information content (AvgIpc) is 2.61. The highest BCUT2D eigenvalue weighted by Gasteiger charge is 2.14. The minimum atomic E-state index is 0.0605. The second-order valence-electron chi connectivity index (χ2n) is 5.16. The molecule has 0 saturated carbocycles. The molecular formula is C18H20N2O2. The maximum Gasteiger partial charge on any atom is 0.144 e. The van der Waals surface area contributed by atoms with Gasteiger partial charge in [-0.2, -0.15) is 0 Å². The van der Waals surface area contributed by atoms with Crippen molar-refractivity contribution >= 4 is 5.71 Å². The minimum Gasteiger partial charge on any atom is -0.392 e. The van der Waals surface area contributed by atoms with Crippen LogP contribution in [0, 0.1) is 0 Å². The van der Waals surface area contributed by atoms with Gasteiger partial charge in [-0.25, -0.2) is 0 Å². The third-order valence-electron chi connectivity index (χ3n) is 3.52. The van der Waals surface area contributed by atoms with Crippen molar-refractivity contribution in [2.24, 2.45) is 5.16 Å². The van der Waals surface area contributed by atoms with Crippen LogP contribution in [0.4, 0.5) is 0 Å². The van der Waals surface area contributed by atoms with Crippen LogP contribution in [0.5, 0.6) is 0 Å². The summed E-state index contributed by atoms with van der Waals surface area (Å²) in [5, 5.41) is 7.65. The van der Waals surface area contributed by atoms with Gasteiger partial charge < -0.3 is 14.9 Å². The molecule has 1 aliphatic heterocycles. The molecule has 2 aromatic carbocycles. The lowest BCUT2D eigenvalue weighted by atomic mass is 10.0. The van der Waals surface area contributed by atoms with Crippen LogP contribution in [0.15, 0.2) is 65.8 Å². The molecule has 2 aromatic rings. The number of nitrogens with one attached hydrogen (secondary N) is 1. The molecule has 4 heteroatoms. The second-order valence-corrected chi connectivity index (χ2v) is 5.16. The van der Waals surface area contributed by atoms with E-state index in [4.69, 9.17) is 9.57 Å². The maximum absolute atomic E-state index is 5.61. The zero-order valence-electron chi connectivity index (χ0n) is 12.4. The standard InChI is InChI=1S/C18H20N2O2/c1-3-7-15(8-4-1)18(16-9-5-2-6-10-16)20-22-14-17-13-19-11-12-21-17/h1-10,17,19H,11-14H2. The minimum absolute atomic E-state index is 0.0605. The van der Waals surface area contributed by atoms with Gasteiger partial charge in [0.15, 0.2) is 0 Å². The van der Waals surface area contributed by atoms with Crippen molar-refractivity contribution in [1.82, 2.24) is 5.32 Å². The van der Waals surface area contributed by atoms with Gasteiger partial charge in [0.2, 0.25) is 0 Å². The molecule has 0 spiro atoms. The Hall–Kier alpha value is -2.17. The third kappa shape index (κ3) is 3.93. The Morgan fingerprint density at radius 2 is 1.68 bits per heavy atom. The zero-order valence-corrected chi connectivity index (χ0v) is 12.4. The van der Waals surface area contributed by atoms with E-state index in [1.165, 1.54) is 0 Å². The number of oxime groups is 1. The van der Waals surface area contributed by atoms with E-state index in [-0.39, 0.29) is 6.10 Å². The number of rotatable bonds is 5. The molecule has 1 saturated heterocycles. The molecule has 1 fully saturated rings. The van der Waals surface area contributed by atoms with Gasteiger partial charge in [-0.15, -0.1) is 0 Å². The first kappa shape index (κ1) is 14.8. The summed E-state index contributed by atoms with van der Waals surface area (Å²) >= 11 is 0. The van der Waals surface area contributed by atoms with Gasteiger partial charge in [-0.05, 0) is 0 Å². The third-order valence-corrected chi connectivity index (χ3v) is 3.52. The van der Waals surface area contributed by atoms with Gasteiger partial charge in [0.25, 0.3) is 0 Å². The molecule has 0 bridgehead atoms. The van der Waals surface area contributed by atoms with Gasteiger partial charge in [0, 0.05) is 24.2 Å². The van der Waals surface area contributed by atoms with E-state index in [1.54, 1.807) is 0 Å². The maximum atomic E-state index is 5.61. The van der Waals surface area contributed by atoms with E-state index >= 15 is 0 Å². The fraction of sp³-hybridized carbons (Fsp3) is 0.278. The molecule has 0 aliphatic carbocycles. The fourth-order valence-electron chi connectivity index (χ4n) is 2.38. The van der Waals surface area contributed by atoms with E-state index in [0.717, 1.165) is 36.5 Å². The van der Waals surface area contributed by atoms with Crippen LogP contribution in [0.1, 0.15) is 11.1 Å². The number of ether oxygens (including phenoxy) is 1. The van der Waals surface area contributed by atoms with E-state index in [1.807, 2.05) is 60.7 Å². The summed E-state index contributed by atoms with van der Waals surface area (Å²) in [7, 11) is 0. The molecule has 1 unspecified atom stereocenters. The molecule has 114 valence electrons. The largest absolute Gasteiger partial charge is 0.392 e. The Kier molecular flexibility index (Phi) is 5.18. The Morgan fingerprint density at radius 1 is 1.05 bits per heavy atom. The fourth-order valence-corrected chi connectivity index (χ4v) is 2.38. The van der Waals surface area contributed by atoms with Crippen molar-refractivity contribution in [3.8, 4) is 0 Å². The number of morpholine rings is 1. The van der Waals surface area contributed by atoms with Crippen LogP contribution in [0.2, 0.25) is 0 Å². The van der Waals surface area contributed by atoms with Crippen molar-refractivity contribution in [3.63, 3.8) is 0 Å². The summed E-state index contributed by atoms with van der Waals surface area (Å²) in [6.07, 6.45) is 0.0605. The zero-order chi connectivity index (χ0) is 15.0. The molecule has 0 aromatic heterocycles. The van der Waals surface area contributed by atoms with Crippen LogP contribution in [-0.2, 0) is 9.57 Å². The highest BCUT2D eigenvalue weighted by Crippen LogP contribution is 2.11. The predicted molar refractivity (Wildman–Crippen MR) is 87.1 cm³/mol. The van der Waals surface area contributed by atoms with Crippen molar-refractivity contribution < 1.29 is 9.57 Å². The monoisotopic (exact) mass is 296 g/mol. The summed E-state index contributed by atoms with van der Waals surface area (Å²) in [5.41, 5.74) is 2.91. The number of nitrogens with zero attached hydrogens (tertiary/aromatic N) is 1. The predicted octanol–water partition coefficient (Wildman–Crippen LogP) is 2.44. The lowest BCUT2D eigenvalue weighted by Crippen LogP contribution is -2.40. The first-order chi connectivity index (χ1) is 10.9. The number of hydrogen-bond acceptors (Lipinski definition) is 4. The average molecular weight is 296 g/mol. The van der Waals surface area contributed by atoms with Crippen molar-refractivity contribution in [2.45, 2.75) is 6.10 Å². The van der Waals surface area contributed by atoms with E-state index in [9.17, 15) is 0 Å². The molecule has 4 nitrogen and oxygen atoms in total. The van der Waals surface area contributed by atoms with Crippen LogP contribution < -0.4 is 5.32 Å². The van der Waals surface area contributed by atoms with Gasteiger partial charge in [0.1, 0.15) is 18.4 Å². The van der Waals surface area contributed by atoms with Gasteiger partial charge in [-0.3, -0.25) is 0 Å². The van der Waals surface area contributed by atoms with Gasteiger partial charge >= 0.3 is 0 Å². The van der Waals surface area contributed by atoms with Crippen molar-refractivity contribution in [1.29, 1.82) is 0 Å². The highest BCUT2D eigenvalue weighted by atomic mass is 16.6. The van der Waals surface area contributed by atoms with E-state index in [2.05, 4.69) is 10.5 Å². The van der Waals surface area contributed by atoms with Crippen LogP contribution in [-0.4, -0.2) is 38.1 Å². The quantitative estimate of drug-likeness (QED) is 0.681. The van der Waals surface area contributed by atoms with Gasteiger partial charge in [-0.1, -0.05) is 65.8 Å². The number of benzene rings is 2. The summed E-state index contributed by atoms with van der Waals surface area (Å²) in [6, 6.07) is 20.1. The molecule has 0 radical (unpaired) electrons. The van der Waals surface area contributed by atoms with Crippen molar-refractivity contribution in [2.75, 3.05) is 26.3 Å². The molecule has 0 amide bonds. The normalized spacial score (nSPS) is 17.7. The number of hydrogen-bond donors (Lipinski definition) is 1. The van der Waals surface area contributed by atoms with E-state index in [0.29, 0.717) is 6.61 Å². The molecule has 1 aliphatic rings. The Bertz CT molecular complexity index is 551. The Morgan fingerprint density at radius 3 is 2.23 bits per heavy atom. The van der Waals surface area contributed by atoms with E-state index < -0.39 is 0 Å². The first-order valence-corrected chi connectivity index (χ1v) is 7.56. The summed E-state index contributed by atoms with van der Waals surface area (Å²) in [5.74, 6) is 0. The summed E-state index contributed by atoms with van der Waals surface area (Å²) in [4.78, 5) is 5.57. The molecule has 1 atom stereocenters. The Labute approximate surface area is 130 Å². The molecule has 3 rings (SSSR count). The molecule has 1 N–H and O–H groups in total.